The number of nitrogens with one attached hydrogen (secondary N) is 1. The molecule has 3 atom stereocenters. The van der Waals surface area contributed by atoms with E-state index >= 15 is 0 Å². The smallest absolute Gasteiger partial charge is 0.0765 e. The van der Waals surface area contributed by atoms with E-state index in [2.05, 4.69) is 12.2 Å². The lowest BCUT2D eigenvalue weighted by Crippen LogP contribution is -2.45. The van der Waals surface area contributed by atoms with Crippen LogP contribution in [0.15, 0.2) is 0 Å². The van der Waals surface area contributed by atoms with Gasteiger partial charge < -0.3 is 19.9 Å². The Morgan fingerprint density at radius 1 is 1.60 bits per heavy atom. The van der Waals surface area contributed by atoms with Crippen LogP contribution < -0.4 is 5.32 Å². The number of hydrogen-bond acceptors (Lipinski definition) is 4. The third-order valence-electron chi connectivity index (χ3n) is 2.97. The Balaban J connectivity index is 2.22. The SMILES string of the molecule is COCCC(C)(O)CNC1CCOC1C. The van der Waals surface area contributed by atoms with Gasteiger partial charge in [0.15, 0.2) is 0 Å². The van der Waals surface area contributed by atoms with Crippen molar-refractivity contribution in [3.63, 3.8) is 0 Å². The van der Waals surface area contributed by atoms with Crippen LogP contribution in [0.4, 0.5) is 0 Å². The van der Waals surface area contributed by atoms with Crippen LogP contribution >= 0.6 is 0 Å². The van der Waals surface area contributed by atoms with E-state index in [1.54, 1.807) is 7.11 Å². The number of ether oxygens (including phenoxy) is 2. The lowest BCUT2D eigenvalue weighted by Gasteiger charge is -2.26. The molecule has 4 nitrogen and oxygen atoms in total. The van der Waals surface area contributed by atoms with E-state index in [9.17, 15) is 5.11 Å². The fourth-order valence-electron chi connectivity index (χ4n) is 1.76. The summed E-state index contributed by atoms with van der Waals surface area (Å²) in [7, 11) is 1.65. The average Bonchev–Trinajstić information content (AvgIpc) is 2.58. The highest BCUT2D eigenvalue weighted by Crippen LogP contribution is 2.14. The third-order valence-corrected chi connectivity index (χ3v) is 2.97. The number of hydrogen-bond donors (Lipinski definition) is 2. The molecular weight excluding hydrogens is 194 g/mol. The zero-order chi connectivity index (χ0) is 11.3. The Morgan fingerprint density at radius 2 is 2.33 bits per heavy atom. The number of rotatable bonds is 6. The van der Waals surface area contributed by atoms with Crippen molar-refractivity contribution in [3.8, 4) is 0 Å². The van der Waals surface area contributed by atoms with Crippen molar-refractivity contribution < 1.29 is 14.6 Å². The largest absolute Gasteiger partial charge is 0.389 e. The summed E-state index contributed by atoms with van der Waals surface area (Å²) in [5.41, 5.74) is -0.696. The van der Waals surface area contributed by atoms with Gasteiger partial charge in [-0.05, 0) is 20.3 Å². The van der Waals surface area contributed by atoms with E-state index in [-0.39, 0.29) is 6.10 Å². The molecule has 0 aromatic carbocycles. The van der Waals surface area contributed by atoms with E-state index < -0.39 is 5.60 Å². The fraction of sp³-hybridized carbons (Fsp3) is 1.00. The predicted octanol–water partition coefficient (Wildman–Crippen LogP) is 0.541. The monoisotopic (exact) mass is 217 g/mol. The lowest BCUT2D eigenvalue weighted by atomic mass is 10.0. The lowest BCUT2D eigenvalue weighted by molar-refractivity contribution is 0.0201. The van der Waals surface area contributed by atoms with Crippen LogP contribution in [0.5, 0.6) is 0 Å². The van der Waals surface area contributed by atoms with Crippen LogP contribution in [-0.2, 0) is 9.47 Å². The molecule has 0 aromatic rings. The second kappa shape index (κ2) is 5.80. The second-order valence-electron chi connectivity index (χ2n) is 4.59. The first kappa shape index (κ1) is 12.9. The normalized spacial score (nSPS) is 30.4. The van der Waals surface area contributed by atoms with Crippen molar-refractivity contribution in [2.45, 2.75) is 44.4 Å². The molecule has 0 bridgehead atoms. The van der Waals surface area contributed by atoms with Crippen LogP contribution in [0, 0.1) is 0 Å². The van der Waals surface area contributed by atoms with Gasteiger partial charge in [-0.1, -0.05) is 0 Å². The molecule has 2 N–H and O–H groups in total. The van der Waals surface area contributed by atoms with E-state index in [4.69, 9.17) is 9.47 Å². The van der Waals surface area contributed by atoms with Crippen molar-refractivity contribution >= 4 is 0 Å². The predicted molar refractivity (Wildman–Crippen MR) is 58.9 cm³/mol. The van der Waals surface area contributed by atoms with Gasteiger partial charge in [-0.2, -0.15) is 0 Å². The topological polar surface area (TPSA) is 50.7 Å². The highest BCUT2D eigenvalue weighted by Gasteiger charge is 2.27. The summed E-state index contributed by atoms with van der Waals surface area (Å²) in [5, 5.41) is 13.4. The van der Waals surface area contributed by atoms with Crippen LogP contribution in [0.1, 0.15) is 26.7 Å². The van der Waals surface area contributed by atoms with Gasteiger partial charge in [0.2, 0.25) is 0 Å². The fourth-order valence-corrected chi connectivity index (χ4v) is 1.76. The van der Waals surface area contributed by atoms with E-state index in [1.807, 2.05) is 6.92 Å². The Kier molecular flexibility index (Phi) is 4.99. The molecule has 90 valence electrons. The van der Waals surface area contributed by atoms with Crippen molar-refractivity contribution in [1.29, 1.82) is 0 Å². The molecule has 1 aliphatic heterocycles. The first-order chi connectivity index (χ1) is 7.05. The minimum atomic E-state index is -0.696. The first-order valence-electron chi connectivity index (χ1n) is 5.61. The molecule has 0 amide bonds. The van der Waals surface area contributed by atoms with Crippen LogP contribution in [-0.4, -0.2) is 49.7 Å². The molecule has 15 heavy (non-hydrogen) atoms. The van der Waals surface area contributed by atoms with Gasteiger partial charge in [-0.3, -0.25) is 0 Å². The Hall–Kier alpha value is -0.160. The molecule has 1 saturated heterocycles. The minimum Gasteiger partial charge on any atom is -0.389 e. The Morgan fingerprint density at radius 3 is 2.87 bits per heavy atom. The summed E-state index contributed by atoms with van der Waals surface area (Å²) < 4.78 is 10.4. The summed E-state index contributed by atoms with van der Waals surface area (Å²) in [6.07, 6.45) is 1.93. The quantitative estimate of drug-likeness (QED) is 0.682. The molecular formula is C11H23NO3. The maximum Gasteiger partial charge on any atom is 0.0765 e. The van der Waals surface area contributed by atoms with Gasteiger partial charge in [-0.15, -0.1) is 0 Å². The van der Waals surface area contributed by atoms with Crippen LogP contribution in [0.25, 0.3) is 0 Å². The van der Waals surface area contributed by atoms with Crippen molar-refractivity contribution in [3.05, 3.63) is 0 Å². The van der Waals surface area contributed by atoms with Crippen molar-refractivity contribution in [1.82, 2.24) is 5.32 Å². The molecule has 0 saturated carbocycles. The van der Waals surface area contributed by atoms with Gasteiger partial charge in [-0.25, -0.2) is 0 Å². The summed E-state index contributed by atoms with van der Waals surface area (Å²) >= 11 is 0. The number of aliphatic hydroxyl groups is 1. The third kappa shape index (κ3) is 4.47. The molecule has 0 aromatic heterocycles. The molecule has 0 radical (unpaired) electrons. The van der Waals surface area contributed by atoms with Crippen molar-refractivity contribution in [2.24, 2.45) is 0 Å². The second-order valence-corrected chi connectivity index (χ2v) is 4.59. The van der Waals surface area contributed by atoms with Crippen molar-refractivity contribution in [2.75, 3.05) is 26.9 Å². The molecule has 4 heteroatoms. The van der Waals surface area contributed by atoms with Gasteiger partial charge >= 0.3 is 0 Å². The van der Waals surface area contributed by atoms with Crippen LogP contribution in [0.3, 0.4) is 0 Å². The molecule has 1 rings (SSSR count). The van der Waals surface area contributed by atoms with E-state index in [1.165, 1.54) is 0 Å². The molecule has 1 heterocycles. The summed E-state index contributed by atoms with van der Waals surface area (Å²) in [4.78, 5) is 0. The molecule has 0 spiro atoms. The Bertz CT molecular complexity index is 185. The zero-order valence-corrected chi connectivity index (χ0v) is 9.95. The molecule has 1 aliphatic rings. The Labute approximate surface area is 92.0 Å². The van der Waals surface area contributed by atoms with Gasteiger partial charge in [0.1, 0.15) is 0 Å². The average molecular weight is 217 g/mol. The minimum absolute atomic E-state index is 0.253. The maximum absolute atomic E-state index is 10.0. The molecule has 3 unspecified atom stereocenters. The highest BCUT2D eigenvalue weighted by atomic mass is 16.5. The van der Waals surface area contributed by atoms with Gasteiger partial charge in [0.25, 0.3) is 0 Å². The summed E-state index contributed by atoms with van der Waals surface area (Å²) in [6, 6.07) is 0.374. The van der Waals surface area contributed by atoms with Gasteiger partial charge in [0, 0.05) is 39.3 Å². The van der Waals surface area contributed by atoms with Gasteiger partial charge in [0.05, 0.1) is 11.7 Å². The standard InChI is InChI=1S/C11H23NO3/c1-9-10(4-6-15-9)12-8-11(2,13)5-7-14-3/h9-10,12-13H,4-8H2,1-3H3. The summed E-state index contributed by atoms with van der Waals surface area (Å²) in [6.45, 7) is 5.90. The van der Waals surface area contributed by atoms with Crippen LogP contribution in [0.2, 0.25) is 0 Å². The van der Waals surface area contributed by atoms with E-state index in [0.717, 1.165) is 13.0 Å². The highest BCUT2D eigenvalue weighted by molar-refractivity contribution is 4.83. The summed E-state index contributed by atoms with van der Waals surface area (Å²) in [5.74, 6) is 0. The zero-order valence-electron chi connectivity index (χ0n) is 9.95. The molecule has 1 fully saturated rings. The van der Waals surface area contributed by atoms with E-state index in [0.29, 0.717) is 25.6 Å². The maximum atomic E-state index is 10.0. The molecule has 0 aliphatic carbocycles. The first-order valence-corrected chi connectivity index (χ1v) is 5.61. The number of methoxy groups -OCH3 is 1.